The highest BCUT2D eigenvalue weighted by molar-refractivity contribution is 6.24. The van der Waals surface area contributed by atoms with Crippen LogP contribution in [0.5, 0.6) is 5.75 Å². The smallest absolute Gasteiger partial charge is 0.278 e. The van der Waals surface area contributed by atoms with Gasteiger partial charge in [0.05, 0.1) is 30.0 Å². The molecule has 16 heteroatoms. The Hall–Kier alpha value is -6.68. The average Bonchev–Trinajstić information content (AvgIpc) is 3.82. The monoisotopic (exact) mass is 813 g/mol. The Morgan fingerprint density at radius 3 is 2.57 bits per heavy atom. The minimum absolute atomic E-state index is 0.0593. The van der Waals surface area contributed by atoms with Crippen LogP contribution in [0.15, 0.2) is 78.2 Å². The molecular formula is C44H47N9O7. The molecule has 310 valence electrons. The molecule has 1 aliphatic carbocycles. The van der Waals surface area contributed by atoms with Crippen LogP contribution >= 0.6 is 0 Å². The largest absolute Gasteiger partial charge is 0.493 e. The molecule has 2 aromatic carbocycles. The number of anilines is 3. The summed E-state index contributed by atoms with van der Waals surface area (Å²) >= 11 is 0. The number of hydrogen-bond acceptors (Lipinski definition) is 12. The van der Waals surface area contributed by atoms with Gasteiger partial charge in [-0.25, -0.2) is 19.3 Å². The molecule has 2 aliphatic heterocycles. The molecule has 3 aromatic heterocycles. The highest BCUT2D eigenvalue weighted by atomic mass is 16.5. The number of allylic oxidation sites excluding steroid dienone is 1. The summed E-state index contributed by atoms with van der Waals surface area (Å²) in [5.41, 5.74) is 2.91. The van der Waals surface area contributed by atoms with E-state index in [1.54, 1.807) is 29.0 Å². The van der Waals surface area contributed by atoms with Crippen molar-refractivity contribution in [2.45, 2.75) is 82.9 Å². The average molecular weight is 814 g/mol. The lowest BCUT2D eigenvalue weighted by Gasteiger charge is -2.27. The number of imide groups is 2. The maximum atomic E-state index is 13.5. The number of ether oxygens (including phenoxy) is 1. The number of nitrogens with zero attached hydrogens (tertiary/aromatic N) is 7. The number of fused-ring (bicyclic) bond motifs is 3. The quantitative estimate of drug-likeness (QED) is 0.0693. The lowest BCUT2D eigenvalue weighted by molar-refractivity contribution is -0.136. The van der Waals surface area contributed by atoms with E-state index in [1.165, 1.54) is 10.9 Å². The molecule has 0 radical (unpaired) electrons. The van der Waals surface area contributed by atoms with Crippen LogP contribution in [0.4, 0.5) is 17.3 Å². The lowest BCUT2D eigenvalue weighted by atomic mass is 9.98. The van der Waals surface area contributed by atoms with Crippen LogP contribution in [0.1, 0.15) is 90.3 Å². The second kappa shape index (κ2) is 16.5. The second-order valence-corrected chi connectivity index (χ2v) is 15.5. The van der Waals surface area contributed by atoms with Gasteiger partial charge in [-0.05, 0) is 86.6 Å². The molecule has 3 N–H and O–H groups in total. The van der Waals surface area contributed by atoms with Crippen molar-refractivity contribution in [1.82, 2.24) is 34.5 Å². The summed E-state index contributed by atoms with van der Waals surface area (Å²) in [7, 11) is 2.04. The number of piperidine rings is 1. The van der Waals surface area contributed by atoms with Crippen LogP contribution in [0.25, 0.3) is 16.9 Å². The number of nitrogens with one attached hydrogen (secondary N) is 2. The Morgan fingerprint density at radius 1 is 1.00 bits per heavy atom. The van der Waals surface area contributed by atoms with E-state index >= 15 is 0 Å². The molecule has 2 atom stereocenters. The standard InChI is InChI=1S/C44H47N9O7/c1-4-23-51-40(56)31-26-45-43(49-38(31)53(51)34-19-13-27-21-22-44(59,5-2)37(27)47-34)46-28-14-16-29(17-15-28)50(3)24-8-6-7-9-25-60-33-12-10-11-30-36(33)42(58)52(41(30)57)32-18-20-35(54)48-39(32)55/h4,10-17,19,26,32,59H,1,5-9,18,20-25H2,2-3H3,(H,45,46,49)(H,48,54,55)/t32?,44-/m1/s1. The number of pyridine rings is 1. The zero-order valence-corrected chi connectivity index (χ0v) is 33.6. The number of aromatic nitrogens is 5. The van der Waals surface area contributed by atoms with Gasteiger partial charge in [-0.2, -0.15) is 4.98 Å². The minimum Gasteiger partial charge on any atom is -0.493 e. The fourth-order valence-electron chi connectivity index (χ4n) is 8.26. The van der Waals surface area contributed by atoms with Gasteiger partial charge in [0, 0.05) is 37.6 Å². The van der Waals surface area contributed by atoms with Crippen molar-refractivity contribution in [1.29, 1.82) is 0 Å². The van der Waals surface area contributed by atoms with Crippen LogP contribution in [0.2, 0.25) is 0 Å². The Morgan fingerprint density at radius 2 is 1.80 bits per heavy atom. The third-order valence-electron chi connectivity index (χ3n) is 11.6. The van der Waals surface area contributed by atoms with Crippen LogP contribution in [0, 0.1) is 0 Å². The molecule has 60 heavy (non-hydrogen) atoms. The molecule has 0 spiro atoms. The topological polar surface area (TPSA) is 194 Å². The number of rotatable bonds is 16. The lowest BCUT2D eigenvalue weighted by Crippen LogP contribution is -2.54. The van der Waals surface area contributed by atoms with Gasteiger partial charge in [-0.1, -0.05) is 38.0 Å². The summed E-state index contributed by atoms with van der Waals surface area (Å²) in [4.78, 5) is 81.1. The van der Waals surface area contributed by atoms with E-state index < -0.39 is 35.3 Å². The number of carbonyl (C=O) groups excluding carboxylic acids is 4. The molecule has 5 heterocycles. The Labute approximate surface area is 345 Å². The van der Waals surface area contributed by atoms with Crippen LogP contribution in [-0.4, -0.2) is 84.2 Å². The van der Waals surface area contributed by atoms with Crippen LogP contribution < -0.4 is 25.8 Å². The van der Waals surface area contributed by atoms with Crippen LogP contribution in [-0.2, 0) is 28.2 Å². The second-order valence-electron chi connectivity index (χ2n) is 15.5. The predicted molar refractivity (Wildman–Crippen MR) is 224 cm³/mol. The number of unbranched alkanes of at least 4 members (excludes halogenated alkanes) is 3. The third-order valence-corrected chi connectivity index (χ3v) is 11.6. The van der Waals surface area contributed by atoms with Gasteiger partial charge in [-0.15, -0.1) is 6.58 Å². The van der Waals surface area contributed by atoms with Crippen molar-refractivity contribution in [3.05, 3.63) is 106 Å². The van der Waals surface area contributed by atoms with Gasteiger partial charge in [0.25, 0.3) is 17.4 Å². The molecule has 1 saturated heterocycles. The summed E-state index contributed by atoms with van der Waals surface area (Å²) in [6, 6.07) is 15.6. The maximum absolute atomic E-state index is 13.5. The van der Waals surface area contributed by atoms with Gasteiger partial charge in [-0.3, -0.25) is 34.2 Å². The summed E-state index contributed by atoms with van der Waals surface area (Å²) in [6.45, 7) is 7.21. The fraction of sp³-hybridized carbons (Fsp3) is 0.364. The SMILES string of the molecule is C=CCn1c(=O)c2cnc(Nc3ccc(N(C)CCCCCCOc4cccc5c4C(=O)N(C4CCC(=O)NC4=O)C5=O)cc3)nc2n1-c1ccc2c(n1)[C@@](O)(CC)CC2. The Kier molecular flexibility index (Phi) is 11.0. The molecule has 16 nitrogen and oxygen atoms in total. The van der Waals surface area contributed by atoms with Gasteiger partial charge < -0.3 is 20.1 Å². The van der Waals surface area contributed by atoms with Crippen molar-refractivity contribution in [3.63, 3.8) is 0 Å². The van der Waals surface area contributed by atoms with Crippen molar-refractivity contribution >= 4 is 52.0 Å². The predicted octanol–water partition coefficient (Wildman–Crippen LogP) is 4.93. The first kappa shape index (κ1) is 40.1. The summed E-state index contributed by atoms with van der Waals surface area (Å²) in [5.74, 6) is -1.10. The molecule has 5 aromatic rings. The first-order chi connectivity index (χ1) is 29.0. The summed E-state index contributed by atoms with van der Waals surface area (Å²) < 4.78 is 9.17. The minimum atomic E-state index is -1.03. The maximum Gasteiger partial charge on any atom is 0.278 e. The van der Waals surface area contributed by atoms with E-state index in [1.807, 2.05) is 50.4 Å². The number of aryl methyl sites for hydroxylation is 1. The van der Waals surface area contributed by atoms with Crippen molar-refractivity contribution < 1.29 is 29.0 Å². The number of aliphatic hydroxyl groups is 1. The van der Waals surface area contributed by atoms with Gasteiger partial charge in [0.1, 0.15) is 22.8 Å². The van der Waals surface area contributed by atoms with E-state index in [2.05, 4.69) is 27.1 Å². The first-order valence-corrected chi connectivity index (χ1v) is 20.4. The number of benzene rings is 2. The fourth-order valence-corrected chi connectivity index (χ4v) is 8.26. The van der Waals surface area contributed by atoms with Crippen molar-refractivity contribution in [3.8, 4) is 11.6 Å². The molecule has 8 rings (SSSR count). The first-order valence-electron chi connectivity index (χ1n) is 20.4. The Balaban J connectivity index is 0.841. The molecule has 4 amide bonds. The molecule has 0 saturated carbocycles. The van der Waals surface area contributed by atoms with Crippen molar-refractivity contribution in [2.75, 3.05) is 30.4 Å². The van der Waals surface area contributed by atoms with E-state index in [0.29, 0.717) is 53.7 Å². The van der Waals surface area contributed by atoms with E-state index in [0.717, 1.165) is 60.5 Å². The summed E-state index contributed by atoms with van der Waals surface area (Å²) in [6.07, 6.45) is 8.76. The number of carbonyl (C=O) groups is 4. The van der Waals surface area contributed by atoms with E-state index in [9.17, 15) is 29.1 Å². The van der Waals surface area contributed by atoms with E-state index in [4.69, 9.17) is 14.7 Å². The van der Waals surface area contributed by atoms with E-state index in [-0.39, 0.29) is 36.1 Å². The normalized spacial score (nSPS) is 18.4. The third kappa shape index (κ3) is 7.42. The van der Waals surface area contributed by atoms with Gasteiger partial charge in [0.15, 0.2) is 11.5 Å². The zero-order valence-electron chi connectivity index (χ0n) is 33.6. The molecule has 1 unspecified atom stereocenters. The number of hydrogen-bond donors (Lipinski definition) is 3. The number of amides is 4. The molecule has 3 aliphatic rings. The Bertz CT molecular complexity index is 2580. The highest BCUT2D eigenvalue weighted by Gasteiger charge is 2.46. The zero-order chi connectivity index (χ0) is 42.1. The summed E-state index contributed by atoms with van der Waals surface area (Å²) in [5, 5.41) is 17.1. The van der Waals surface area contributed by atoms with Gasteiger partial charge >= 0.3 is 0 Å². The van der Waals surface area contributed by atoms with Gasteiger partial charge in [0.2, 0.25) is 17.8 Å². The molecule has 1 fully saturated rings. The highest BCUT2D eigenvalue weighted by Crippen LogP contribution is 2.39. The molecular weight excluding hydrogens is 767 g/mol. The van der Waals surface area contributed by atoms with Crippen molar-refractivity contribution in [2.24, 2.45) is 0 Å². The molecule has 0 bridgehead atoms. The van der Waals surface area contributed by atoms with Crippen LogP contribution in [0.3, 0.4) is 0 Å².